The summed E-state index contributed by atoms with van der Waals surface area (Å²) in [4.78, 5) is 24.5. The van der Waals surface area contributed by atoms with Crippen LogP contribution >= 0.6 is 27.7 Å². The molecule has 0 radical (unpaired) electrons. The zero-order valence-corrected chi connectivity index (χ0v) is 20.9. The highest BCUT2D eigenvalue weighted by Crippen LogP contribution is 2.33. The molecular formula is C24H32BrN5OS. The van der Waals surface area contributed by atoms with E-state index in [-0.39, 0.29) is 11.9 Å². The molecule has 1 saturated carbocycles. The molecule has 172 valence electrons. The van der Waals surface area contributed by atoms with Gasteiger partial charge in [-0.1, -0.05) is 24.3 Å². The molecule has 3 aliphatic rings. The molecule has 5 rings (SSSR count). The third-order valence-electron chi connectivity index (χ3n) is 7.45. The molecule has 3 heterocycles. The van der Waals surface area contributed by atoms with Gasteiger partial charge < -0.3 is 15.5 Å². The number of nitrogens with zero attached hydrogens (tertiary/aromatic N) is 4. The number of nitrogens with two attached hydrogens (primary N) is 1. The number of thioether (sulfide) groups is 1. The van der Waals surface area contributed by atoms with E-state index in [4.69, 9.17) is 10.7 Å². The van der Waals surface area contributed by atoms with Gasteiger partial charge in [0.25, 0.3) is 0 Å². The van der Waals surface area contributed by atoms with E-state index in [1.165, 1.54) is 10.8 Å². The Labute approximate surface area is 203 Å². The number of hydrogen-bond donors (Lipinski definition) is 1. The zero-order valence-electron chi connectivity index (χ0n) is 18.5. The molecule has 1 aromatic heterocycles. The number of hydrogen-bond acceptors (Lipinski definition) is 6. The van der Waals surface area contributed by atoms with Crippen LogP contribution in [0.5, 0.6) is 0 Å². The Balaban J connectivity index is 1.15. The van der Waals surface area contributed by atoms with Crippen LogP contribution in [0.3, 0.4) is 0 Å². The fraction of sp³-hybridized carbons (Fsp3) is 0.583. The van der Waals surface area contributed by atoms with Crippen molar-refractivity contribution in [2.45, 2.75) is 37.8 Å². The van der Waals surface area contributed by atoms with Crippen LogP contribution in [0.15, 0.2) is 34.9 Å². The van der Waals surface area contributed by atoms with Crippen LogP contribution in [-0.2, 0) is 4.79 Å². The molecular weight excluding hydrogens is 486 g/mol. The van der Waals surface area contributed by atoms with Gasteiger partial charge >= 0.3 is 0 Å². The van der Waals surface area contributed by atoms with Crippen molar-refractivity contribution in [3.8, 4) is 0 Å². The smallest absolute Gasteiger partial charge is 0.240 e. The number of amides is 1. The number of rotatable bonds is 4. The van der Waals surface area contributed by atoms with Crippen LogP contribution < -0.4 is 10.6 Å². The molecule has 0 unspecified atom stereocenters. The lowest BCUT2D eigenvalue weighted by molar-refractivity contribution is -0.132. The summed E-state index contributed by atoms with van der Waals surface area (Å²) >= 11 is 5.46. The molecule has 6 nitrogen and oxygen atoms in total. The second-order valence-electron chi connectivity index (χ2n) is 9.23. The quantitative estimate of drug-likeness (QED) is 0.668. The van der Waals surface area contributed by atoms with E-state index in [0.29, 0.717) is 12.0 Å². The van der Waals surface area contributed by atoms with E-state index in [0.717, 1.165) is 80.3 Å². The van der Waals surface area contributed by atoms with Crippen molar-refractivity contribution >= 4 is 50.2 Å². The SMILES string of the molecule is N[C@H](C(=O)N1CCSC1)[C@H]1CC[C@H](N2CCN(c3ncc(Br)c4ccccc34)CC2)CC1. The Morgan fingerprint density at radius 1 is 1.06 bits per heavy atom. The fourth-order valence-corrected chi connectivity index (χ4v) is 6.92. The van der Waals surface area contributed by atoms with Gasteiger partial charge in [0.15, 0.2) is 0 Å². The molecule has 32 heavy (non-hydrogen) atoms. The van der Waals surface area contributed by atoms with Gasteiger partial charge in [0.2, 0.25) is 5.91 Å². The van der Waals surface area contributed by atoms with Crippen LogP contribution in [0.4, 0.5) is 5.82 Å². The highest BCUT2D eigenvalue weighted by molar-refractivity contribution is 9.10. The second-order valence-corrected chi connectivity index (χ2v) is 11.2. The van der Waals surface area contributed by atoms with Crippen LogP contribution in [0.2, 0.25) is 0 Å². The number of carbonyl (C=O) groups is 1. The van der Waals surface area contributed by atoms with Crippen LogP contribution in [0.1, 0.15) is 25.7 Å². The van der Waals surface area contributed by atoms with E-state index in [9.17, 15) is 4.79 Å². The third kappa shape index (κ3) is 4.52. The average Bonchev–Trinajstić information content (AvgIpc) is 3.39. The molecule has 1 atom stereocenters. The highest BCUT2D eigenvalue weighted by Gasteiger charge is 2.35. The van der Waals surface area contributed by atoms with Crippen molar-refractivity contribution in [1.82, 2.24) is 14.8 Å². The first-order valence-corrected chi connectivity index (χ1v) is 13.7. The zero-order chi connectivity index (χ0) is 22.1. The lowest BCUT2D eigenvalue weighted by Gasteiger charge is -2.43. The lowest BCUT2D eigenvalue weighted by atomic mass is 9.80. The van der Waals surface area contributed by atoms with E-state index < -0.39 is 0 Å². The summed E-state index contributed by atoms with van der Waals surface area (Å²) in [6.07, 6.45) is 6.37. The maximum atomic E-state index is 12.7. The number of halogens is 1. The minimum atomic E-state index is -0.316. The van der Waals surface area contributed by atoms with Gasteiger partial charge in [-0.15, -0.1) is 11.8 Å². The van der Waals surface area contributed by atoms with Crippen molar-refractivity contribution in [1.29, 1.82) is 0 Å². The second kappa shape index (κ2) is 9.87. The van der Waals surface area contributed by atoms with Gasteiger partial charge in [0.05, 0.1) is 11.9 Å². The van der Waals surface area contributed by atoms with Crippen molar-refractivity contribution in [2.75, 3.05) is 49.3 Å². The molecule has 2 aromatic rings. The van der Waals surface area contributed by atoms with Gasteiger partial charge in [0.1, 0.15) is 5.82 Å². The molecule has 2 aliphatic heterocycles. The van der Waals surface area contributed by atoms with E-state index in [1.54, 1.807) is 0 Å². The Morgan fingerprint density at radius 2 is 1.78 bits per heavy atom. The first kappa shape index (κ1) is 22.4. The Kier molecular flexibility index (Phi) is 6.92. The molecule has 1 aromatic carbocycles. The molecule has 3 fully saturated rings. The van der Waals surface area contributed by atoms with E-state index in [1.807, 2.05) is 22.9 Å². The molecule has 8 heteroatoms. The Hall–Kier alpha value is -1.35. The number of aromatic nitrogens is 1. The summed E-state index contributed by atoms with van der Waals surface area (Å²) in [5, 5.41) is 2.43. The van der Waals surface area contributed by atoms with Gasteiger partial charge in [0, 0.05) is 66.0 Å². The molecule has 1 aliphatic carbocycles. The molecule has 2 N–H and O–H groups in total. The predicted molar refractivity (Wildman–Crippen MR) is 136 cm³/mol. The average molecular weight is 519 g/mol. The Morgan fingerprint density at radius 3 is 2.47 bits per heavy atom. The van der Waals surface area contributed by atoms with Crippen LogP contribution in [0.25, 0.3) is 10.8 Å². The molecule has 2 saturated heterocycles. The monoisotopic (exact) mass is 517 g/mol. The van der Waals surface area contributed by atoms with Crippen molar-refractivity contribution < 1.29 is 4.79 Å². The minimum Gasteiger partial charge on any atom is -0.354 e. The van der Waals surface area contributed by atoms with Crippen LogP contribution in [0, 0.1) is 5.92 Å². The number of piperazine rings is 1. The summed E-state index contributed by atoms with van der Waals surface area (Å²) in [5.74, 6) is 3.46. The molecule has 0 bridgehead atoms. The third-order valence-corrected chi connectivity index (χ3v) is 9.05. The number of carbonyl (C=O) groups excluding carboxylic acids is 1. The van der Waals surface area contributed by atoms with Crippen LogP contribution in [-0.4, -0.2) is 77.1 Å². The van der Waals surface area contributed by atoms with Crippen molar-refractivity contribution in [3.63, 3.8) is 0 Å². The summed E-state index contributed by atoms with van der Waals surface area (Å²) in [6, 6.07) is 8.79. The van der Waals surface area contributed by atoms with E-state index in [2.05, 4.69) is 50.0 Å². The summed E-state index contributed by atoms with van der Waals surface area (Å²) in [7, 11) is 0. The van der Waals surface area contributed by atoms with Gasteiger partial charge in [-0.2, -0.15) is 0 Å². The lowest BCUT2D eigenvalue weighted by Crippen LogP contribution is -2.53. The maximum absolute atomic E-state index is 12.7. The summed E-state index contributed by atoms with van der Waals surface area (Å²) in [6.45, 7) is 5.00. The van der Waals surface area contributed by atoms with Crippen molar-refractivity contribution in [2.24, 2.45) is 11.7 Å². The van der Waals surface area contributed by atoms with Gasteiger partial charge in [-0.3, -0.25) is 9.69 Å². The largest absolute Gasteiger partial charge is 0.354 e. The van der Waals surface area contributed by atoms with Crippen molar-refractivity contribution in [3.05, 3.63) is 34.9 Å². The highest BCUT2D eigenvalue weighted by atomic mass is 79.9. The maximum Gasteiger partial charge on any atom is 0.240 e. The minimum absolute atomic E-state index is 0.168. The van der Waals surface area contributed by atoms with E-state index >= 15 is 0 Å². The first-order chi connectivity index (χ1) is 15.6. The first-order valence-electron chi connectivity index (χ1n) is 11.8. The van der Waals surface area contributed by atoms with Gasteiger partial charge in [-0.25, -0.2) is 4.98 Å². The number of benzene rings is 1. The summed E-state index contributed by atoms with van der Waals surface area (Å²) in [5.41, 5.74) is 6.40. The van der Waals surface area contributed by atoms with Gasteiger partial charge in [-0.05, 0) is 47.5 Å². The normalized spacial score (nSPS) is 25.9. The Bertz CT molecular complexity index is 953. The molecule has 1 amide bonds. The fourth-order valence-electron chi connectivity index (χ4n) is 5.52. The topological polar surface area (TPSA) is 65.7 Å². The predicted octanol–water partition coefficient (Wildman–Crippen LogP) is 3.54. The number of anilines is 1. The standard InChI is InChI=1S/C24H32BrN5OS/c25-21-15-27-23(20-4-2-1-3-19(20)21)29-11-9-28(10-12-29)18-7-5-17(6-8-18)22(26)24(31)30-13-14-32-16-30/h1-4,15,17-18,22H,5-14,16,26H2/t17-,18-,22-/m0/s1. The number of pyridine rings is 1. The number of fused-ring (bicyclic) bond motifs is 1. The molecule has 0 spiro atoms. The summed E-state index contributed by atoms with van der Waals surface area (Å²) < 4.78 is 1.05.